The Hall–Kier alpha value is -1.31. The summed E-state index contributed by atoms with van der Waals surface area (Å²) in [5, 5.41) is 0. The monoisotopic (exact) mass is 275 g/mol. The van der Waals surface area contributed by atoms with E-state index in [-0.39, 0.29) is 5.91 Å². The summed E-state index contributed by atoms with van der Waals surface area (Å²) in [5.74, 6) is 1.62. The molecule has 1 aromatic rings. The van der Waals surface area contributed by atoms with Crippen molar-refractivity contribution >= 4 is 5.91 Å². The molecule has 0 saturated heterocycles. The molecular weight excluding hydrogens is 246 g/mol. The summed E-state index contributed by atoms with van der Waals surface area (Å²) in [5.41, 5.74) is 7.87. The zero-order valence-corrected chi connectivity index (χ0v) is 13.2. The van der Waals surface area contributed by atoms with Crippen molar-refractivity contribution in [2.24, 2.45) is 17.6 Å². The first-order chi connectivity index (χ1) is 9.62. The van der Waals surface area contributed by atoms with E-state index >= 15 is 0 Å². The van der Waals surface area contributed by atoms with E-state index in [0.717, 1.165) is 11.8 Å². The van der Waals surface area contributed by atoms with Gasteiger partial charge in [-0.2, -0.15) is 0 Å². The Morgan fingerprint density at radius 3 is 2.05 bits per heavy atom. The molecular formula is C18H29NO. The van der Waals surface area contributed by atoms with Gasteiger partial charge in [0.25, 0.3) is 0 Å². The van der Waals surface area contributed by atoms with Gasteiger partial charge in [-0.3, -0.25) is 4.79 Å². The van der Waals surface area contributed by atoms with Crippen LogP contribution in [0.4, 0.5) is 0 Å². The molecule has 1 unspecified atom stereocenters. The minimum atomic E-state index is -0.245. The molecule has 0 fully saturated rings. The zero-order valence-electron chi connectivity index (χ0n) is 13.2. The molecule has 1 atom stereocenters. The maximum absolute atomic E-state index is 9.59. The number of amides is 1. The summed E-state index contributed by atoms with van der Waals surface area (Å²) in [6.45, 7) is 6.39. The van der Waals surface area contributed by atoms with Crippen LogP contribution in [0.2, 0.25) is 0 Å². The first-order valence-electron chi connectivity index (χ1n) is 7.97. The maximum atomic E-state index is 9.59. The average molecular weight is 275 g/mol. The summed E-state index contributed by atoms with van der Waals surface area (Å²) in [4.78, 5) is 9.59. The maximum Gasteiger partial charge on any atom is 0.217 e. The van der Waals surface area contributed by atoms with Crippen molar-refractivity contribution in [2.45, 2.75) is 59.3 Å². The van der Waals surface area contributed by atoms with E-state index in [2.05, 4.69) is 43.8 Å². The predicted molar refractivity (Wildman–Crippen MR) is 85.5 cm³/mol. The highest BCUT2D eigenvalue weighted by Gasteiger charge is 2.26. The first kappa shape index (κ1) is 16.7. The lowest BCUT2D eigenvalue weighted by molar-refractivity contribution is -0.117. The normalized spacial score (nSPS) is 15.2. The van der Waals surface area contributed by atoms with Gasteiger partial charge < -0.3 is 5.73 Å². The number of rotatable bonds is 5. The summed E-state index contributed by atoms with van der Waals surface area (Å²) in [6, 6.07) is 8.99. The number of primary amides is 1. The molecule has 1 aliphatic carbocycles. The van der Waals surface area contributed by atoms with Crippen LogP contribution in [0.25, 0.3) is 0 Å². The van der Waals surface area contributed by atoms with Crippen molar-refractivity contribution in [3.8, 4) is 0 Å². The molecule has 2 N–H and O–H groups in total. The van der Waals surface area contributed by atoms with Gasteiger partial charge in [0.15, 0.2) is 0 Å². The highest BCUT2D eigenvalue weighted by atomic mass is 16.1. The van der Waals surface area contributed by atoms with Crippen LogP contribution in [0, 0.1) is 11.8 Å². The number of fused-ring (bicyclic) bond motifs is 1. The SMILES string of the molecule is CCC(N)=O.CCCC(CC)C1Cc2ccccc2C1. The third-order valence-corrected chi connectivity index (χ3v) is 4.28. The second-order valence-electron chi connectivity index (χ2n) is 5.71. The molecule has 0 saturated carbocycles. The van der Waals surface area contributed by atoms with Crippen molar-refractivity contribution < 1.29 is 4.79 Å². The van der Waals surface area contributed by atoms with E-state index in [9.17, 15) is 4.79 Å². The van der Waals surface area contributed by atoms with Gasteiger partial charge in [-0.25, -0.2) is 0 Å². The molecule has 0 aliphatic heterocycles. The fourth-order valence-electron chi connectivity index (χ4n) is 3.07. The molecule has 2 heteroatoms. The van der Waals surface area contributed by atoms with Crippen molar-refractivity contribution in [1.82, 2.24) is 0 Å². The van der Waals surface area contributed by atoms with Gasteiger partial charge in [-0.05, 0) is 35.8 Å². The number of carbonyl (C=O) groups excluding carboxylic acids is 1. The van der Waals surface area contributed by atoms with Crippen LogP contribution in [-0.4, -0.2) is 5.91 Å². The Labute approximate surface area is 123 Å². The van der Waals surface area contributed by atoms with Crippen LogP contribution in [-0.2, 0) is 17.6 Å². The van der Waals surface area contributed by atoms with E-state index in [1.165, 1.54) is 32.1 Å². The minimum absolute atomic E-state index is 0.245. The molecule has 0 aromatic heterocycles. The van der Waals surface area contributed by atoms with Gasteiger partial charge in [-0.1, -0.05) is 64.3 Å². The topological polar surface area (TPSA) is 43.1 Å². The number of carbonyl (C=O) groups is 1. The Balaban J connectivity index is 0.000000347. The summed E-state index contributed by atoms with van der Waals surface area (Å²) >= 11 is 0. The number of benzene rings is 1. The molecule has 1 amide bonds. The van der Waals surface area contributed by atoms with E-state index < -0.39 is 0 Å². The molecule has 0 heterocycles. The van der Waals surface area contributed by atoms with Crippen LogP contribution in [0.3, 0.4) is 0 Å². The fourth-order valence-corrected chi connectivity index (χ4v) is 3.07. The third-order valence-electron chi connectivity index (χ3n) is 4.28. The zero-order chi connectivity index (χ0) is 15.0. The van der Waals surface area contributed by atoms with Gasteiger partial charge >= 0.3 is 0 Å². The summed E-state index contributed by atoms with van der Waals surface area (Å²) in [6.07, 6.45) is 7.20. The number of hydrogen-bond acceptors (Lipinski definition) is 1. The van der Waals surface area contributed by atoms with Gasteiger partial charge in [0.05, 0.1) is 0 Å². The largest absolute Gasteiger partial charge is 0.370 e. The summed E-state index contributed by atoms with van der Waals surface area (Å²) in [7, 11) is 0. The lowest BCUT2D eigenvalue weighted by Crippen LogP contribution is -2.14. The third kappa shape index (κ3) is 4.99. The van der Waals surface area contributed by atoms with Crippen LogP contribution in [0.1, 0.15) is 57.6 Å². The molecule has 1 aliphatic rings. The molecule has 0 radical (unpaired) electrons. The standard InChI is InChI=1S/C15H22.C3H7NO/c1-3-7-12(4-2)15-10-13-8-5-6-9-14(13)11-15;1-2-3(4)5/h5-6,8-9,12,15H,3-4,7,10-11H2,1-2H3;2H2,1H3,(H2,4,5). The van der Waals surface area contributed by atoms with Crippen LogP contribution in [0.15, 0.2) is 24.3 Å². The molecule has 112 valence electrons. The molecule has 2 rings (SSSR count). The number of hydrogen-bond donors (Lipinski definition) is 1. The Morgan fingerprint density at radius 1 is 1.20 bits per heavy atom. The molecule has 1 aromatic carbocycles. The molecule has 2 nitrogen and oxygen atoms in total. The highest BCUT2D eigenvalue weighted by Crippen LogP contribution is 2.34. The predicted octanol–water partition coefficient (Wildman–Crippen LogP) is 4.11. The summed E-state index contributed by atoms with van der Waals surface area (Å²) < 4.78 is 0. The fraction of sp³-hybridized carbons (Fsp3) is 0.611. The van der Waals surface area contributed by atoms with Crippen LogP contribution in [0.5, 0.6) is 0 Å². The lowest BCUT2D eigenvalue weighted by atomic mass is 9.84. The van der Waals surface area contributed by atoms with Crippen molar-refractivity contribution in [3.63, 3.8) is 0 Å². The Kier molecular flexibility index (Phi) is 7.35. The molecule has 20 heavy (non-hydrogen) atoms. The van der Waals surface area contributed by atoms with Gasteiger partial charge in [0, 0.05) is 6.42 Å². The van der Waals surface area contributed by atoms with Gasteiger partial charge in [0.2, 0.25) is 5.91 Å². The van der Waals surface area contributed by atoms with E-state index in [1.54, 1.807) is 18.1 Å². The van der Waals surface area contributed by atoms with Crippen molar-refractivity contribution in [1.29, 1.82) is 0 Å². The Bertz CT molecular complexity index is 389. The Morgan fingerprint density at radius 2 is 1.70 bits per heavy atom. The second kappa shape index (κ2) is 8.78. The van der Waals surface area contributed by atoms with Crippen LogP contribution < -0.4 is 5.73 Å². The number of nitrogens with two attached hydrogens (primary N) is 1. The molecule has 0 bridgehead atoms. The van der Waals surface area contributed by atoms with Gasteiger partial charge in [0.1, 0.15) is 0 Å². The first-order valence-corrected chi connectivity index (χ1v) is 7.97. The van der Waals surface area contributed by atoms with E-state index in [0.29, 0.717) is 6.42 Å². The average Bonchev–Trinajstić information content (AvgIpc) is 2.88. The van der Waals surface area contributed by atoms with E-state index in [4.69, 9.17) is 0 Å². The second-order valence-corrected chi connectivity index (χ2v) is 5.71. The van der Waals surface area contributed by atoms with Crippen molar-refractivity contribution in [2.75, 3.05) is 0 Å². The van der Waals surface area contributed by atoms with Gasteiger partial charge in [-0.15, -0.1) is 0 Å². The smallest absolute Gasteiger partial charge is 0.217 e. The molecule has 0 spiro atoms. The lowest BCUT2D eigenvalue weighted by Gasteiger charge is -2.21. The highest BCUT2D eigenvalue weighted by molar-refractivity contribution is 5.73. The quantitative estimate of drug-likeness (QED) is 0.863. The minimum Gasteiger partial charge on any atom is -0.370 e. The van der Waals surface area contributed by atoms with Crippen molar-refractivity contribution in [3.05, 3.63) is 35.4 Å². The van der Waals surface area contributed by atoms with E-state index in [1.807, 2.05) is 0 Å². The van der Waals surface area contributed by atoms with Crippen LogP contribution >= 0.6 is 0 Å².